The lowest BCUT2D eigenvalue weighted by atomic mass is 9.94. The van der Waals surface area contributed by atoms with Crippen LogP contribution in [0.4, 0.5) is 0 Å². The number of hydrogen-bond acceptors (Lipinski definition) is 3. The topological polar surface area (TPSA) is 35.5 Å². The normalized spacial score (nSPS) is 14.0. The van der Waals surface area contributed by atoms with Crippen LogP contribution in [0.1, 0.15) is 41.6 Å². The van der Waals surface area contributed by atoms with Gasteiger partial charge in [0.25, 0.3) is 0 Å². The third-order valence-electron chi connectivity index (χ3n) is 5.28. The molecule has 0 spiro atoms. The summed E-state index contributed by atoms with van der Waals surface area (Å²) in [5.41, 5.74) is 3.22. The fourth-order valence-corrected chi connectivity index (χ4v) is 3.80. The molecule has 3 nitrogen and oxygen atoms in total. The first kappa shape index (κ1) is 18.3. The van der Waals surface area contributed by atoms with Gasteiger partial charge in [0, 0.05) is 11.1 Å². The van der Waals surface area contributed by atoms with Gasteiger partial charge in [0.1, 0.15) is 0 Å². The van der Waals surface area contributed by atoms with Crippen LogP contribution < -0.4 is 9.47 Å². The molecule has 0 aromatic heterocycles. The second-order valence-corrected chi connectivity index (χ2v) is 7.13. The van der Waals surface area contributed by atoms with Gasteiger partial charge in [-0.1, -0.05) is 60.7 Å². The van der Waals surface area contributed by atoms with Gasteiger partial charge in [-0.3, -0.25) is 4.79 Å². The average Bonchev–Trinajstić information content (AvgIpc) is 3.27. The molecule has 0 radical (unpaired) electrons. The molecule has 3 aromatic carbocycles. The van der Waals surface area contributed by atoms with Gasteiger partial charge < -0.3 is 9.47 Å². The second-order valence-electron chi connectivity index (χ2n) is 7.13. The van der Waals surface area contributed by atoms with Crippen LogP contribution in [0.5, 0.6) is 11.5 Å². The third-order valence-corrected chi connectivity index (χ3v) is 5.28. The van der Waals surface area contributed by atoms with Crippen LogP contribution in [0.3, 0.4) is 0 Å². The maximum Gasteiger partial charge on any atom is 0.193 e. The Morgan fingerprint density at radius 2 is 1.57 bits per heavy atom. The summed E-state index contributed by atoms with van der Waals surface area (Å²) >= 11 is 0. The fraction of sp³-hybridized carbons (Fsp3) is 0.240. The lowest BCUT2D eigenvalue weighted by Gasteiger charge is -2.17. The van der Waals surface area contributed by atoms with E-state index in [1.165, 1.54) is 12.8 Å². The Hall–Kier alpha value is -3.07. The van der Waals surface area contributed by atoms with Gasteiger partial charge in [0.05, 0.1) is 13.2 Å². The van der Waals surface area contributed by atoms with Crippen molar-refractivity contribution in [3.05, 3.63) is 83.9 Å². The molecule has 3 aromatic rings. The summed E-state index contributed by atoms with van der Waals surface area (Å²) in [6, 6.07) is 23.0. The van der Waals surface area contributed by atoms with E-state index >= 15 is 0 Å². The first-order valence-corrected chi connectivity index (χ1v) is 9.80. The van der Waals surface area contributed by atoms with Crippen molar-refractivity contribution in [2.24, 2.45) is 0 Å². The van der Waals surface area contributed by atoms with Crippen LogP contribution >= 0.6 is 0 Å². The predicted molar refractivity (Wildman–Crippen MR) is 111 cm³/mol. The molecule has 4 rings (SSSR count). The van der Waals surface area contributed by atoms with Crippen molar-refractivity contribution in [1.82, 2.24) is 0 Å². The number of hydrogen-bond donors (Lipinski definition) is 0. The van der Waals surface area contributed by atoms with Crippen molar-refractivity contribution in [3.8, 4) is 22.6 Å². The Labute approximate surface area is 165 Å². The van der Waals surface area contributed by atoms with Crippen LogP contribution in [-0.4, -0.2) is 19.0 Å². The lowest BCUT2D eigenvalue weighted by molar-refractivity contribution is 0.103. The molecule has 142 valence electrons. The standard InChI is InChI=1S/C25H24O3/c1-27-23-16-15-19(17-24(23)28-20-11-5-6-12-20)21-13-7-8-14-22(21)25(26)18-9-3-2-4-10-18/h2-4,7-10,13-17,20H,5-6,11-12H2,1H3. The van der Waals surface area contributed by atoms with Crippen molar-refractivity contribution < 1.29 is 14.3 Å². The number of benzene rings is 3. The number of carbonyl (C=O) groups excluding carboxylic acids is 1. The minimum absolute atomic E-state index is 0.0188. The van der Waals surface area contributed by atoms with Crippen LogP contribution in [0.15, 0.2) is 72.8 Å². The number of methoxy groups -OCH3 is 1. The Bertz CT molecular complexity index is 957. The van der Waals surface area contributed by atoms with Crippen molar-refractivity contribution in [2.75, 3.05) is 7.11 Å². The van der Waals surface area contributed by atoms with Gasteiger partial charge in [-0.2, -0.15) is 0 Å². The van der Waals surface area contributed by atoms with Crippen LogP contribution in [0.2, 0.25) is 0 Å². The van der Waals surface area contributed by atoms with E-state index in [1.54, 1.807) is 7.11 Å². The van der Waals surface area contributed by atoms with Crippen LogP contribution in [0.25, 0.3) is 11.1 Å². The maximum atomic E-state index is 13.1. The van der Waals surface area contributed by atoms with Crippen molar-refractivity contribution in [1.29, 1.82) is 0 Å². The van der Waals surface area contributed by atoms with Gasteiger partial charge in [0.15, 0.2) is 17.3 Å². The second kappa shape index (κ2) is 8.30. The Balaban J connectivity index is 1.72. The van der Waals surface area contributed by atoms with Crippen molar-refractivity contribution in [2.45, 2.75) is 31.8 Å². The summed E-state index contributed by atoms with van der Waals surface area (Å²) in [6.07, 6.45) is 4.82. The van der Waals surface area contributed by atoms with E-state index in [1.807, 2.05) is 72.8 Å². The highest BCUT2D eigenvalue weighted by molar-refractivity contribution is 6.12. The zero-order valence-corrected chi connectivity index (χ0v) is 16.1. The van der Waals surface area contributed by atoms with Gasteiger partial charge in [-0.15, -0.1) is 0 Å². The summed E-state index contributed by atoms with van der Waals surface area (Å²) in [5, 5.41) is 0. The molecule has 1 saturated carbocycles. The van der Waals surface area contributed by atoms with Gasteiger partial charge in [-0.25, -0.2) is 0 Å². The minimum Gasteiger partial charge on any atom is -0.493 e. The molecule has 0 atom stereocenters. The maximum absolute atomic E-state index is 13.1. The van der Waals surface area contributed by atoms with E-state index in [0.717, 1.165) is 35.5 Å². The smallest absolute Gasteiger partial charge is 0.193 e. The van der Waals surface area contributed by atoms with Gasteiger partial charge >= 0.3 is 0 Å². The fourth-order valence-electron chi connectivity index (χ4n) is 3.80. The molecule has 3 heteroatoms. The molecule has 0 saturated heterocycles. The molecule has 28 heavy (non-hydrogen) atoms. The molecule has 0 unspecified atom stereocenters. The quantitative estimate of drug-likeness (QED) is 0.504. The summed E-state index contributed by atoms with van der Waals surface area (Å²) < 4.78 is 11.7. The van der Waals surface area contributed by atoms with Crippen LogP contribution in [-0.2, 0) is 0 Å². The van der Waals surface area contributed by atoms with Gasteiger partial charge in [0.2, 0.25) is 0 Å². The molecule has 0 heterocycles. The number of rotatable bonds is 6. The minimum atomic E-state index is 0.0188. The third kappa shape index (κ3) is 3.79. The highest BCUT2D eigenvalue weighted by Gasteiger charge is 2.20. The summed E-state index contributed by atoms with van der Waals surface area (Å²) in [5.74, 6) is 1.49. The Morgan fingerprint density at radius 1 is 0.857 bits per heavy atom. The predicted octanol–water partition coefficient (Wildman–Crippen LogP) is 5.91. The van der Waals surface area contributed by atoms with Gasteiger partial charge in [-0.05, 0) is 48.9 Å². The number of carbonyl (C=O) groups is 1. The summed E-state index contributed by atoms with van der Waals surface area (Å²) in [6.45, 7) is 0. The van der Waals surface area contributed by atoms with E-state index in [4.69, 9.17) is 9.47 Å². The highest BCUT2D eigenvalue weighted by Crippen LogP contribution is 2.36. The molecule has 0 aliphatic heterocycles. The zero-order chi connectivity index (χ0) is 19.3. The first-order valence-electron chi connectivity index (χ1n) is 9.80. The zero-order valence-electron chi connectivity index (χ0n) is 16.1. The molecule has 0 amide bonds. The summed E-state index contributed by atoms with van der Waals surface area (Å²) in [4.78, 5) is 13.1. The molecule has 1 aliphatic rings. The molecule has 0 bridgehead atoms. The Kier molecular flexibility index (Phi) is 5.43. The van der Waals surface area contributed by atoms with Crippen LogP contribution in [0, 0.1) is 0 Å². The van der Waals surface area contributed by atoms with Crippen molar-refractivity contribution in [3.63, 3.8) is 0 Å². The average molecular weight is 372 g/mol. The SMILES string of the molecule is COc1ccc(-c2ccccc2C(=O)c2ccccc2)cc1OC1CCCC1. The molecule has 0 N–H and O–H groups in total. The van der Waals surface area contributed by atoms with E-state index in [-0.39, 0.29) is 11.9 Å². The largest absolute Gasteiger partial charge is 0.493 e. The van der Waals surface area contributed by atoms with E-state index in [0.29, 0.717) is 11.1 Å². The van der Waals surface area contributed by atoms with E-state index in [2.05, 4.69) is 0 Å². The summed E-state index contributed by atoms with van der Waals surface area (Å²) in [7, 11) is 1.66. The highest BCUT2D eigenvalue weighted by atomic mass is 16.5. The number of ether oxygens (including phenoxy) is 2. The Morgan fingerprint density at radius 3 is 2.32 bits per heavy atom. The monoisotopic (exact) mass is 372 g/mol. The lowest BCUT2D eigenvalue weighted by Crippen LogP contribution is -2.11. The molecule has 1 aliphatic carbocycles. The molecular weight excluding hydrogens is 348 g/mol. The molecular formula is C25H24O3. The molecule has 1 fully saturated rings. The van der Waals surface area contributed by atoms with Crippen molar-refractivity contribution >= 4 is 5.78 Å². The first-order chi connectivity index (χ1) is 13.8. The van der Waals surface area contributed by atoms with E-state index in [9.17, 15) is 4.79 Å². The van der Waals surface area contributed by atoms with E-state index < -0.39 is 0 Å². The number of ketones is 1.